The summed E-state index contributed by atoms with van der Waals surface area (Å²) in [5.74, 6) is 0.531. The fourth-order valence-corrected chi connectivity index (χ4v) is 3.96. The third-order valence-corrected chi connectivity index (χ3v) is 6.67. The highest BCUT2D eigenvalue weighted by molar-refractivity contribution is 8.00. The average Bonchev–Trinajstić information content (AvgIpc) is 3.18. The van der Waals surface area contributed by atoms with E-state index in [1.54, 1.807) is 6.92 Å². The number of morpholine rings is 1. The minimum Gasteiger partial charge on any atom is -0.378 e. The molecule has 1 aliphatic heterocycles. The molecule has 1 aliphatic rings. The molecule has 2 unspecified atom stereocenters. The summed E-state index contributed by atoms with van der Waals surface area (Å²) in [6, 6.07) is 10.4. The molecule has 3 rings (SSSR count). The Morgan fingerprint density at radius 3 is 2.45 bits per heavy atom. The van der Waals surface area contributed by atoms with Crippen molar-refractivity contribution in [2.45, 2.75) is 50.6 Å². The highest BCUT2D eigenvalue weighted by Crippen LogP contribution is 2.30. The molecule has 2 atom stereocenters. The van der Waals surface area contributed by atoms with Gasteiger partial charge in [-0.2, -0.15) is 5.26 Å². The van der Waals surface area contributed by atoms with Crippen LogP contribution in [0.15, 0.2) is 29.4 Å². The van der Waals surface area contributed by atoms with Crippen LogP contribution in [0.25, 0.3) is 5.69 Å². The van der Waals surface area contributed by atoms with Crippen LogP contribution in [0.1, 0.15) is 33.3 Å². The fourth-order valence-electron chi connectivity index (χ4n) is 3.10. The van der Waals surface area contributed by atoms with Crippen molar-refractivity contribution in [2.75, 3.05) is 31.2 Å². The van der Waals surface area contributed by atoms with E-state index >= 15 is 0 Å². The second-order valence-electron chi connectivity index (χ2n) is 8.27. The lowest BCUT2D eigenvalue weighted by Gasteiger charge is -2.29. The van der Waals surface area contributed by atoms with Gasteiger partial charge in [-0.25, -0.2) is 0 Å². The van der Waals surface area contributed by atoms with Crippen LogP contribution < -0.4 is 10.2 Å². The molecule has 1 saturated heterocycles. The second-order valence-corrected chi connectivity index (χ2v) is 9.58. The molecule has 0 radical (unpaired) electrons. The number of amides is 1. The van der Waals surface area contributed by atoms with E-state index in [9.17, 15) is 10.1 Å². The zero-order valence-corrected chi connectivity index (χ0v) is 19.6. The van der Waals surface area contributed by atoms with E-state index < -0.39 is 10.8 Å². The zero-order chi connectivity index (χ0) is 22.6. The number of rotatable bonds is 7. The lowest BCUT2D eigenvalue weighted by molar-refractivity contribution is -0.121. The number of nitrogens with zero attached hydrogens (tertiary/aromatic N) is 5. The maximum absolute atomic E-state index is 12.9. The number of nitriles is 1. The minimum absolute atomic E-state index is 0.0113. The quantitative estimate of drug-likeness (QED) is 0.659. The molecule has 2 aromatic rings. The number of aromatic nitrogens is 3. The van der Waals surface area contributed by atoms with Crippen molar-refractivity contribution in [3.05, 3.63) is 29.8 Å². The summed E-state index contributed by atoms with van der Waals surface area (Å²) in [6.07, 6.45) is 0. The maximum atomic E-state index is 12.9. The van der Waals surface area contributed by atoms with E-state index in [0.29, 0.717) is 18.4 Å². The number of hydrogen-bond acceptors (Lipinski definition) is 7. The standard InChI is InChI=1S/C22H30N6O2S/c1-15(2)22(5,14-23)24-19(29)17(4)31-21-26-25-20(27-10-12-30-13-11-27)28(21)18-8-6-16(3)7-9-18/h6-9,15,17H,10-13H2,1-5H3,(H,24,29). The van der Waals surface area contributed by atoms with Crippen LogP contribution in [-0.2, 0) is 9.53 Å². The Balaban J connectivity index is 1.88. The Kier molecular flexibility index (Phi) is 7.23. The molecule has 9 heteroatoms. The third-order valence-electron chi connectivity index (χ3n) is 5.62. The van der Waals surface area contributed by atoms with E-state index in [1.807, 2.05) is 56.5 Å². The van der Waals surface area contributed by atoms with Crippen LogP contribution in [-0.4, -0.2) is 57.8 Å². The summed E-state index contributed by atoms with van der Waals surface area (Å²) in [6.45, 7) is 12.2. The molecule has 0 spiro atoms. The molecule has 1 amide bonds. The number of benzene rings is 1. The second kappa shape index (κ2) is 9.71. The molecule has 0 bridgehead atoms. The monoisotopic (exact) mass is 442 g/mol. The minimum atomic E-state index is -0.921. The predicted octanol–water partition coefficient (Wildman–Crippen LogP) is 2.95. The first-order chi connectivity index (χ1) is 14.7. The molecule has 0 saturated carbocycles. The topological polar surface area (TPSA) is 96.1 Å². The van der Waals surface area contributed by atoms with Crippen LogP contribution >= 0.6 is 11.8 Å². The van der Waals surface area contributed by atoms with Crippen molar-refractivity contribution in [1.82, 2.24) is 20.1 Å². The van der Waals surface area contributed by atoms with Gasteiger partial charge in [-0.15, -0.1) is 10.2 Å². The predicted molar refractivity (Wildman–Crippen MR) is 121 cm³/mol. The molecule has 1 aromatic heterocycles. The van der Waals surface area contributed by atoms with Gasteiger partial charge >= 0.3 is 0 Å². The van der Waals surface area contributed by atoms with Crippen molar-refractivity contribution < 1.29 is 9.53 Å². The summed E-state index contributed by atoms with van der Waals surface area (Å²) in [7, 11) is 0. The molecule has 8 nitrogen and oxygen atoms in total. The lowest BCUT2D eigenvalue weighted by atomic mass is 9.90. The number of hydrogen-bond donors (Lipinski definition) is 1. The normalized spacial score (nSPS) is 17.1. The van der Waals surface area contributed by atoms with E-state index in [4.69, 9.17) is 4.74 Å². The Morgan fingerprint density at radius 1 is 1.23 bits per heavy atom. The summed E-state index contributed by atoms with van der Waals surface area (Å²) < 4.78 is 7.47. The van der Waals surface area contributed by atoms with Crippen molar-refractivity contribution in [3.8, 4) is 11.8 Å². The Bertz CT molecular complexity index is 946. The van der Waals surface area contributed by atoms with Gasteiger partial charge in [0.15, 0.2) is 5.16 Å². The first-order valence-corrected chi connectivity index (χ1v) is 11.4. The highest BCUT2D eigenvalue weighted by atomic mass is 32.2. The summed E-state index contributed by atoms with van der Waals surface area (Å²) in [4.78, 5) is 15.0. The Morgan fingerprint density at radius 2 is 1.87 bits per heavy atom. The van der Waals surface area contributed by atoms with Gasteiger partial charge in [-0.1, -0.05) is 43.3 Å². The van der Waals surface area contributed by atoms with E-state index in [2.05, 4.69) is 26.5 Å². The summed E-state index contributed by atoms with van der Waals surface area (Å²) in [5, 5.41) is 21.5. The number of anilines is 1. The third kappa shape index (κ3) is 5.20. The lowest BCUT2D eigenvalue weighted by Crippen LogP contribution is -2.51. The number of carbonyl (C=O) groups is 1. The van der Waals surface area contributed by atoms with Crippen LogP contribution in [0.4, 0.5) is 5.95 Å². The van der Waals surface area contributed by atoms with Gasteiger partial charge < -0.3 is 15.0 Å². The van der Waals surface area contributed by atoms with Gasteiger partial charge in [0.1, 0.15) is 5.54 Å². The van der Waals surface area contributed by atoms with Gasteiger partial charge in [0.05, 0.1) is 30.2 Å². The van der Waals surface area contributed by atoms with Gasteiger partial charge in [-0.05, 0) is 38.8 Å². The zero-order valence-electron chi connectivity index (χ0n) is 18.8. The van der Waals surface area contributed by atoms with Gasteiger partial charge in [0.25, 0.3) is 0 Å². The van der Waals surface area contributed by atoms with Gasteiger partial charge in [0.2, 0.25) is 11.9 Å². The van der Waals surface area contributed by atoms with Crippen molar-refractivity contribution in [2.24, 2.45) is 5.92 Å². The first-order valence-electron chi connectivity index (χ1n) is 10.5. The number of carbonyl (C=O) groups excluding carboxylic acids is 1. The van der Waals surface area contributed by atoms with Crippen LogP contribution in [0.3, 0.4) is 0 Å². The molecule has 1 fully saturated rings. The van der Waals surface area contributed by atoms with Gasteiger partial charge in [-0.3, -0.25) is 9.36 Å². The van der Waals surface area contributed by atoms with Gasteiger partial charge in [0, 0.05) is 13.1 Å². The van der Waals surface area contributed by atoms with E-state index in [1.165, 1.54) is 11.8 Å². The number of ether oxygens (including phenoxy) is 1. The highest BCUT2D eigenvalue weighted by Gasteiger charge is 2.32. The van der Waals surface area contributed by atoms with Crippen molar-refractivity contribution in [1.29, 1.82) is 5.26 Å². The summed E-state index contributed by atoms with van der Waals surface area (Å²) >= 11 is 1.34. The fraction of sp³-hybridized carbons (Fsp3) is 0.545. The number of thioether (sulfide) groups is 1. The summed E-state index contributed by atoms with van der Waals surface area (Å²) in [5.41, 5.74) is 1.18. The van der Waals surface area contributed by atoms with Crippen molar-refractivity contribution >= 4 is 23.6 Å². The van der Waals surface area contributed by atoms with Crippen LogP contribution in [0.5, 0.6) is 0 Å². The molecular formula is C22H30N6O2S. The van der Waals surface area contributed by atoms with Crippen molar-refractivity contribution in [3.63, 3.8) is 0 Å². The number of aryl methyl sites for hydroxylation is 1. The Labute approximate surface area is 188 Å². The molecule has 2 heterocycles. The average molecular weight is 443 g/mol. The maximum Gasteiger partial charge on any atom is 0.234 e. The smallest absolute Gasteiger partial charge is 0.234 e. The molecule has 31 heavy (non-hydrogen) atoms. The SMILES string of the molecule is Cc1ccc(-n2c(SC(C)C(=O)NC(C)(C#N)C(C)C)nnc2N2CCOCC2)cc1. The number of nitrogens with one attached hydrogen (secondary N) is 1. The largest absolute Gasteiger partial charge is 0.378 e. The van der Waals surface area contributed by atoms with E-state index in [0.717, 1.165) is 30.3 Å². The van der Waals surface area contributed by atoms with Crippen LogP contribution in [0, 0.1) is 24.2 Å². The van der Waals surface area contributed by atoms with Crippen LogP contribution in [0.2, 0.25) is 0 Å². The molecule has 1 N–H and O–H groups in total. The first kappa shape index (κ1) is 23.1. The Hall–Kier alpha value is -2.57. The molecule has 0 aliphatic carbocycles. The molecular weight excluding hydrogens is 412 g/mol. The van der Waals surface area contributed by atoms with E-state index in [-0.39, 0.29) is 11.8 Å². The molecule has 1 aromatic carbocycles. The molecule has 166 valence electrons.